The summed E-state index contributed by atoms with van der Waals surface area (Å²) in [6.07, 6.45) is -4.89. The van der Waals surface area contributed by atoms with Crippen molar-refractivity contribution in [2.45, 2.75) is 12.9 Å². The maximum absolute atomic E-state index is 12.7. The van der Waals surface area contributed by atoms with Gasteiger partial charge in [-0.15, -0.1) is 13.2 Å². The van der Waals surface area contributed by atoms with Crippen LogP contribution in [0.3, 0.4) is 0 Å². The summed E-state index contributed by atoms with van der Waals surface area (Å²) in [5.41, 5.74) is 4.29. The van der Waals surface area contributed by atoms with Crippen molar-refractivity contribution < 1.29 is 32.2 Å². The number of nitrogen functional groups attached to an aromatic ring is 1. The van der Waals surface area contributed by atoms with Gasteiger partial charge in [-0.1, -0.05) is 30.3 Å². The summed E-state index contributed by atoms with van der Waals surface area (Å²) in [6, 6.07) is 12.5. The largest absolute Gasteiger partial charge is 0.573 e. The molecule has 178 valence electrons. The fourth-order valence-corrected chi connectivity index (χ4v) is 3.04. The van der Waals surface area contributed by atoms with E-state index in [-0.39, 0.29) is 17.9 Å². The summed E-state index contributed by atoms with van der Waals surface area (Å²) >= 11 is 0. The fraction of sp³-hybridized carbons (Fsp3) is 0.182. The number of alkyl halides is 3. The number of anilines is 1. The number of carbonyl (C=O) groups excluding carboxylic acids is 2. The van der Waals surface area contributed by atoms with Gasteiger partial charge in [0, 0.05) is 7.05 Å². The van der Waals surface area contributed by atoms with Gasteiger partial charge in [0.25, 0.3) is 5.56 Å². The molecule has 2 aromatic carbocycles. The average molecular weight is 477 g/mol. The van der Waals surface area contributed by atoms with Gasteiger partial charge >= 0.3 is 18.0 Å². The Bertz CT molecular complexity index is 1330. The van der Waals surface area contributed by atoms with E-state index in [4.69, 9.17) is 10.5 Å². The van der Waals surface area contributed by atoms with Crippen LogP contribution < -0.4 is 21.7 Å². The summed E-state index contributed by atoms with van der Waals surface area (Å²) in [5, 5.41) is 0. The molecule has 9 nitrogen and oxygen atoms in total. The van der Waals surface area contributed by atoms with Crippen LogP contribution in [0.15, 0.2) is 64.2 Å². The fourth-order valence-electron chi connectivity index (χ4n) is 3.04. The molecule has 0 amide bonds. The van der Waals surface area contributed by atoms with Crippen molar-refractivity contribution in [3.63, 3.8) is 0 Å². The lowest BCUT2D eigenvalue weighted by Gasteiger charge is -2.15. The topological polar surface area (TPSA) is 123 Å². The highest BCUT2D eigenvalue weighted by Crippen LogP contribution is 2.23. The second-order valence-electron chi connectivity index (χ2n) is 7.05. The minimum atomic E-state index is -4.89. The summed E-state index contributed by atoms with van der Waals surface area (Å²) in [4.78, 5) is 49.9. The van der Waals surface area contributed by atoms with E-state index in [9.17, 15) is 32.3 Å². The summed E-state index contributed by atoms with van der Waals surface area (Å²) in [6.45, 7) is -0.894. The molecule has 0 atom stereocenters. The van der Waals surface area contributed by atoms with Crippen LogP contribution in [-0.2, 0) is 18.3 Å². The van der Waals surface area contributed by atoms with Crippen molar-refractivity contribution in [2.24, 2.45) is 7.05 Å². The van der Waals surface area contributed by atoms with Crippen molar-refractivity contribution >= 4 is 17.6 Å². The lowest BCUT2D eigenvalue weighted by molar-refractivity contribution is -0.274. The molecule has 1 aromatic heterocycles. The predicted molar refractivity (Wildman–Crippen MR) is 114 cm³/mol. The predicted octanol–water partition coefficient (Wildman–Crippen LogP) is 2.12. The molecular formula is C22H18F3N3O6. The first kappa shape index (κ1) is 24.3. The van der Waals surface area contributed by atoms with Gasteiger partial charge in [0.2, 0.25) is 5.78 Å². The number of hydrogen-bond donors (Lipinski definition) is 1. The van der Waals surface area contributed by atoms with Crippen LogP contribution in [0.4, 0.5) is 19.0 Å². The number of nitrogens with two attached hydrogens (primary N) is 1. The quantitative estimate of drug-likeness (QED) is 0.409. The molecule has 3 rings (SSSR count). The van der Waals surface area contributed by atoms with E-state index < -0.39 is 47.3 Å². The molecule has 0 aliphatic carbocycles. The van der Waals surface area contributed by atoms with Gasteiger partial charge in [0.1, 0.15) is 17.1 Å². The van der Waals surface area contributed by atoms with E-state index >= 15 is 0 Å². The molecule has 0 saturated heterocycles. The van der Waals surface area contributed by atoms with Gasteiger partial charge in [-0.05, 0) is 29.8 Å². The van der Waals surface area contributed by atoms with Crippen molar-refractivity contribution in [2.75, 3.05) is 12.3 Å². The minimum absolute atomic E-state index is 0.00790. The van der Waals surface area contributed by atoms with Crippen LogP contribution in [-0.4, -0.2) is 33.9 Å². The first-order chi connectivity index (χ1) is 16.0. The van der Waals surface area contributed by atoms with Crippen molar-refractivity contribution in [3.05, 3.63) is 92.1 Å². The third kappa shape index (κ3) is 5.52. The number of esters is 1. The molecule has 0 aliphatic rings. The van der Waals surface area contributed by atoms with E-state index in [1.165, 1.54) is 7.05 Å². The Morgan fingerprint density at radius 3 is 2.21 bits per heavy atom. The molecule has 34 heavy (non-hydrogen) atoms. The maximum atomic E-state index is 12.7. The van der Waals surface area contributed by atoms with E-state index in [1.54, 1.807) is 30.3 Å². The molecule has 0 unspecified atom stereocenters. The highest BCUT2D eigenvalue weighted by atomic mass is 19.4. The zero-order valence-electron chi connectivity index (χ0n) is 17.7. The summed E-state index contributed by atoms with van der Waals surface area (Å²) < 4.78 is 47.0. The van der Waals surface area contributed by atoms with E-state index in [1.807, 2.05) is 0 Å². The SMILES string of the molecule is Cn1c(=O)c(C(=O)COC(=O)c2ccc(OC(F)(F)F)cc2)c(N)n(Cc2ccccc2)c1=O. The smallest absolute Gasteiger partial charge is 0.454 e. The molecule has 0 aliphatic heterocycles. The normalized spacial score (nSPS) is 11.2. The number of hydrogen-bond acceptors (Lipinski definition) is 7. The lowest BCUT2D eigenvalue weighted by Crippen LogP contribution is -2.43. The van der Waals surface area contributed by atoms with Gasteiger partial charge in [-0.25, -0.2) is 9.59 Å². The Morgan fingerprint density at radius 1 is 1.00 bits per heavy atom. The van der Waals surface area contributed by atoms with Crippen LogP contribution in [0.1, 0.15) is 26.3 Å². The number of nitrogens with zero attached hydrogens (tertiary/aromatic N) is 2. The molecule has 0 spiro atoms. The number of rotatable bonds is 7. The van der Waals surface area contributed by atoms with Gasteiger partial charge in [0.15, 0.2) is 6.61 Å². The average Bonchev–Trinajstić information content (AvgIpc) is 2.79. The second kappa shape index (κ2) is 9.65. The van der Waals surface area contributed by atoms with Crippen LogP contribution >= 0.6 is 0 Å². The number of ketones is 1. The van der Waals surface area contributed by atoms with Gasteiger partial charge < -0.3 is 15.2 Å². The Balaban J connectivity index is 1.79. The third-order valence-corrected chi connectivity index (χ3v) is 4.70. The summed E-state index contributed by atoms with van der Waals surface area (Å²) in [5.74, 6) is -2.91. The standard InChI is InChI=1S/C22H18F3N3O6/c1-27-19(30)17(18(26)28(21(27)32)11-13-5-3-2-4-6-13)16(29)12-33-20(31)14-7-9-15(10-8-14)34-22(23,24)25/h2-10H,11-12,26H2,1H3. The zero-order valence-corrected chi connectivity index (χ0v) is 17.7. The van der Waals surface area contributed by atoms with E-state index in [0.717, 1.165) is 28.8 Å². The first-order valence-electron chi connectivity index (χ1n) is 9.67. The first-order valence-corrected chi connectivity index (χ1v) is 9.67. The Kier molecular flexibility index (Phi) is 6.89. The zero-order chi connectivity index (χ0) is 25.0. The molecule has 0 saturated carbocycles. The van der Waals surface area contributed by atoms with Crippen LogP contribution in [0, 0.1) is 0 Å². The highest BCUT2D eigenvalue weighted by Gasteiger charge is 2.31. The van der Waals surface area contributed by atoms with Crippen molar-refractivity contribution in [1.29, 1.82) is 0 Å². The number of benzene rings is 2. The third-order valence-electron chi connectivity index (χ3n) is 4.70. The maximum Gasteiger partial charge on any atom is 0.573 e. The van der Waals surface area contributed by atoms with E-state index in [0.29, 0.717) is 10.1 Å². The van der Waals surface area contributed by atoms with Crippen LogP contribution in [0.25, 0.3) is 0 Å². The Hall–Kier alpha value is -4.35. The molecule has 12 heteroatoms. The molecule has 0 radical (unpaired) electrons. The van der Waals surface area contributed by atoms with Gasteiger partial charge in [-0.3, -0.25) is 18.7 Å². The van der Waals surface area contributed by atoms with Crippen LogP contribution in [0.5, 0.6) is 5.75 Å². The summed E-state index contributed by atoms with van der Waals surface area (Å²) in [7, 11) is 1.18. The molecule has 2 N–H and O–H groups in total. The number of carbonyl (C=O) groups is 2. The number of halogens is 3. The van der Waals surface area contributed by atoms with E-state index in [2.05, 4.69) is 4.74 Å². The molecular weight excluding hydrogens is 459 g/mol. The van der Waals surface area contributed by atoms with Crippen molar-refractivity contribution in [3.8, 4) is 5.75 Å². The molecule has 0 fully saturated rings. The number of Topliss-reactive ketones (excluding diaryl/α,β-unsaturated/α-hetero) is 1. The number of ether oxygens (including phenoxy) is 2. The van der Waals surface area contributed by atoms with Crippen LogP contribution in [0.2, 0.25) is 0 Å². The molecule has 3 aromatic rings. The van der Waals surface area contributed by atoms with Crippen molar-refractivity contribution in [1.82, 2.24) is 9.13 Å². The van der Waals surface area contributed by atoms with Gasteiger partial charge in [-0.2, -0.15) is 0 Å². The second-order valence-corrected chi connectivity index (χ2v) is 7.05. The highest BCUT2D eigenvalue weighted by molar-refractivity contribution is 6.02. The number of aromatic nitrogens is 2. The van der Waals surface area contributed by atoms with Gasteiger partial charge in [0.05, 0.1) is 12.1 Å². The monoisotopic (exact) mass is 477 g/mol. The lowest BCUT2D eigenvalue weighted by atomic mass is 10.1. The Morgan fingerprint density at radius 2 is 1.62 bits per heavy atom. The molecule has 0 bridgehead atoms. The minimum Gasteiger partial charge on any atom is -0.454 e. The Labute approximate surface area is 189 Å². The molecule has 1 heterocycles.